The highest BCUT2D eigenvalue weighted by Gasteiger charge is 2.88. The van der Waals surface area contributed by atoms with E-state index in [9.17, 15) is 0 Å². The standard InChI is InChI=1S/C50H76Br2O13Si8/c51-36-40-29-32-41(37-52)50(35-40)53-38-39-30-33-49(34-31-39)73-63-70(46-23-9-10-24-46)57-67(43-17-3-4-18-43)54-66(42-15-1-2-16-42)55-68(59-70,44-19-5-6-20-44)61-72(65-73,48-27-13-14-28-48)62-69(56-66,45-21-7-8-22-45)60-71(58-67,64-73)47-25-11-12-26-47/h29-35,42-48H,1-28,36-38H2. The third-order valence-corrected chi connectivity index (χ3v) is 60.0. The fourth-order valence-electron chi connectivity index (χ4n) is 15.6. The summed E-state index contributed by atoms with van der Waals surface area (Å²) in [5.74, 6) is 0.877. The first-order valence-electron chi connectivity index (χ1n) is 29.0. The van der Waals surface area contributed by atoms with Gasteiger partial charge in [0, 0.05) is 60.2 Å². The molecule has 0 aromatic heterocycles. The van der Waals surface area contributed by atoms with Gasteiger partial charge in [-0.1, -0.05) is 158 Å². The molecule has 0 spiro atoms. The lowest BCUT2D eigenvalue weighted by Crippen LogP contribution is -2.91. The quantitative estimate of drug-likeness (QED) is 0.140. The van der Waals surface area contributed by atoms with E-state index in [1.54, 1.807) is 0 Å². The molecule has 2 aromatic carbocycles. The predicted octanol–water partition coefficient (Wildman–Crippen LogP) is 13.7. The van der Waals surface area contributed by atoms with Gasteiger partial charge in [-0.15, -0.1) is 0 Å². The monoisotopic (exact) mass is 1270 g/mol. The molecule has 73 heavy (non-hydrogen) atoms. The predicted molar refractivity (Wildman–Crippen MR) is 297 cm³/mol. The van der Waals surface area contributed by atoms with Crippen LogP contribution in [0.4, 0.5) is 0 Å². The largest absolute Gasteiger partial charge is 0.515 e. The Hall–Kier alpha value is 0.455. The van der Waals surface area contributed by atoms with Crippen molar-refractivity contribution in [3.63, 3.8) is 0 Å². The molecule has 0 amide bonds. The summed E-state index contributed by atoms with van der Waals surface area (Å²) in [6.07, 6.45) is 28.4. The summed E-state index contributed by atoms with van der Waals surface area (Å²) < 4.78 is 110. The van der Waals surface area contributed by atoms with Crippen molar-refractivity contribution in [1.29, 1.82) is 0 Å². The van der Waals surface area contributed by atoms with Gasteiger partial charge in [0.2, 0.25) is 0 Å². The molecule has 6 aliphatic heterocycles. The van der Waals surface area contributed by atoms with E-state index in [-0.39, 0.29) is 38.8 Å². The van der Waals surface area contributed by atoms with Crippen LogP contribution in [0.3, 0.4) is 0 Å². The van der Waals surface area contributed by atoms with E-state index < -0.39 is 70.4 Å². The number of benzene rings is 2. The van der Waals surface area contributed by atoms with Crippen LogP contribution in [-0.4, -0.2) is 70.4 Å². The van der Waals surface area contributed by atoms with Gasteiger partial charge in [-0.25, -0.2) is 0 Å². The Bertz CT molecular complexity index is 2140. The first-order chi connectivity index (χ1) is 35.7. The summed E-state index contributed by atoms with van der Waals surface area (Å²) in [5, 5.41) is 2.33. The second-order valence-electron chi connectivity index (χ2n) is 24.1. The smallest absolute Gasteiger partial charge is 0.489 e. The zero-order chi connectivity index (χ0) is 49.0. The van der Waals surface area contributed by atoms with Gasteiger partial charge in [0.25, 0.3) is 0 Å². The van der Waals surface area contributed by atoms with Gasteiger partial charge >= 0.3 is 70.4 Å². The van der Waals surface area contributed by atoms with Gasteiger partial charge in [-0.2, -0.15) is 0 Å². The Kier molecular flexibility index (Phi) is 14.2. The average molecular weight is 1270 g/mol. The average Bonchev–Trinajstić information content (AvgIpc) is 4.23. The molecule has 6 heterocycles. The molecule has 23 heteroatoms. The summed E-state index contributed by atoms with van der Waals surface area (Å²) in [4.78, 5) is 0. The van der Waals surface area contributed by atoms with Gasteiger partial charge in [0.05, 0.1) is 0 Å². The van der Waals surface area contributed by atoms with E-state index in [0.717, 1.165) is 207 Å². The number of hydrogen-bond donors (Lipinski definition) is 0. The van der Waals surface area contributed by atoms with Crippen molar-refractivity contribution in [2.45, 2.75) is 236 Å². The highest BCUT2D eigenvalue weighted by Crippen LogP contribution is 2.66. The molecule has 0 atom stereocenters. The fraction of sp³-hybridized carbons (Fsp3) is 0.760. The van der Waals surface area contributed by atoms with Crippen LogP contribution in [0, 0.1) is 0 Å². The first-order valence-corrected chi connectivity index (χ1v) is 45.6. The molecule has 13 aliphatic rings. The molecular formula is C50H76Br2O13Si8. The van der Waals surface area contributed by atoms with E-state index in [2.05, 4.69) is 74.3 Å². The summed E-state index contributed by atoms with van der Waals surface area (Å²) in [7, 11) is -32.6. The number of ether oxygens (including phenoxy) is 1. The molecule has 15 rings (SSSR count). The van der Waals surface area contributed by atoms with E-state index >= 15 is 0 Å². The Morgan fingerprint density at radius 2 is 0.616 bits per heavy atom. The summed E-state index contributed by atoms with van der Waals surface area (Å²) in [6, 6.07) is 15.2. The second-order valence-corrected chi connectivity index (χ2v) is 50.8. The van der Waals surface area contributed by atoms with E-state index in [0.29, 0.717) is 11.9 Å². The maximum atomic E-state index is 8.58. The Balaban J connectivity index is 1.02. The minimum atomic E-state index is -4.35. The highest BCUT2D eigenvalue weighted by atomic mass is 79.9. The molecule has 13 nitrogen and oxygen atoms in total. The lowest BCUT2D eigenvalue weighted by Gasteiger charge is -2.66. The van der Waals surface area contributed by atoms with Crippen LogP contribution in [0.5, 0.6) is 5.75 Å². The summed E-state index contributed by atoms with van der Waals surface area (Å²) in [5.41, 5.74) is 3.34. The second kappa shape index (κ2) is 20.2. The molecule has 13 fully saturated rings. The topological polar surface area (TPSA) is 120 Å². The van der Waals surface area contributed by atoms with Crippen molar-refractivity contribution < 1.29 is 54.1 Å². The maximum absolute atomic E-state index is 8.58. The van der Waals surface area contributed by atoms with Crippen LogP contribution in [-0.2, 0) is 66.6 Å². The fourth-order valence-corrected chi connectivity index (χ4v) is 72.0. The number of hydrogen-bond acceptors (Lipinski definition) is 13. The van der Waals surface area contributed by atoms with Gasteiger partial charge in [-0.3, -0.25) is 0 Å². The molecule has 6 saturated heterocycles. The van der Waals surface area contributed by atoms with E-state index in [1.807, 2.05) is 0 Å². The zero-order valence-electron chi connectivity index (χ0n) is 42.6. The van der Waals surface area contributed by atoms with Gasteiger partial charge in [-0.05, 0) is 107 Å². The molecule has 400 valence electrons. The lowest BCUT2D eigenvalue weighted by molar-refractivity contribution is -0.0427. The van der Waals surface area contributed by atoms with Crippen LogP contribution in [0.15, 0.2) is 42.5 Å². The Morgan fingerprint density at radius 1 is 0.342 bits per heavy atom. The van der Waals surface area contributed by atoms with Crippen molar-refractivity contribution in [2.24, 2.45) is 0 Å². The SMILES string of the molecule is BrCc1ccc(CBr)c(OCc2ccc([Si]34O[Si]5(C6CCCC6)O[Si]6(C7CCCC7)O[Si](C7CCCC7)(O3)O[Si]3(C7CCCC7)O[Si](C7CCCC7)(O4)O[Si](C4CCCC4)(O5)O[Si](C4CCCC4)(O6)O3)cc2)c1. The van der Waals surface area contributed by atoms with Crippen molar-refractivity contribution >= 4 is 107 Å². The Morgan fingerprint density at radius 3 is 0.890 bits per heavy atom. The van der Waals surface area contributed by atoms with Gasteiger partial charge in [0.15, 0.2) is 0 Å². The number of rotatable bonds is 13. The molecule has 0 unspecified atom stereocenters. The van der Waals surface area contributed by atoms with Crippen molar-refractivity contribution in [2.75, 3.05) is 0 Å². The van der Waals surface area contributed by atoms with Crippen LogP contribution in [0.1, 0.15) is 196 Å². The zero-order valence-corrected chi connectivity index (χ0v) is 53.7. The highest BCUT2D eigenvalue weighted by molar-refractivity contribution is 9.08. The normalized spacial score (nSPS) is 42.1. The van der Waals surface area contributed by atoms with Crippen molar-refractivity contribution in [1.82, 2.24) is 0 Å². The van der Waals surface area contributed by atoms with E-state index in [1.165, 1.54) is 5.56 Å². The molecule has 0 N–H and O–H groups in total. The van der Waals surface area contributed by atoms with Crippen LogP contribution < -0.4 is 9.92 Å². The molecule has 8 bridgehead atoms. The molecular weight excluding hydrogens is 1190 g/mol. The number of alkyl halides is 2. The lowest BCUT2D eigenvalue weighted by atomic mass is 10.1. The van der Waals surface area contributed by atoms with Crippen LogP contribution in [0.2, 0.25) is 38.8 Å². The molecule has 2 aromatic rings. The molecule has 7 aliphatic carbocycles. The third kappa shape index (κ3) is 8.86. The van der Waals surface area contributed by atoms with Crippen molar-refractivity contribution in [3.05, 3.63) is 59.2 Å². The van der Waals surface area contributed by atoms with Crippen LogP contribution >= 0.6 is 31.9 Å². The van der Waals surface area contributed by atoms with Gasteiger partial charge in [0.1, 0.15) is 12.4 Å². The number of halogens is 2. The molecule has 0 radical (unpaired) electrons. The minimum absolute atomic E-state index is 0.0181. The molecule has 7 saturated carbocycles. The van der Waals surface area contributed by atoms with Gasteiger partial charge < -0.3 is 54.1 Å². The summed E-state index contributed by atoms with van der Waals surface area (Å²) in [6.45, 7) is 0.398. The summed E-state index contributed by atoms with van der Waals surface area (Å²) >= 11 is 7.35. The van der Waals surface area contributed by atoms with Crippen LogP contribution in [0.25, 0.3) is 0 Å². The first kappa shape index (κ1) is 51.6. The Labute approximate surface area is 459 Å². The van der Waals surface area contributed by atoms with E-state index in [4.69, 9.17) is 54.1 Å². The van der Waals surface area contributed by atoms with Crippen molar-refractivity contribution in [3.8, 4) is 5.75 Å². The minimum Gasteiger partial charge on any atom is -0.489 e. The third-order valence-electron chi connectivity index (χ3n) is 19.5. The maximum Gasteiger partial charge on any atom is 0.515 e.